The zero-order valence-electron chi connectivity index (χ0n) is 31.8. The van der Waals surface area contributed by atoms with Crippen molar-refractivity contribution in [2.75, 3.05) is 23.3 Å². The lowest BCUT2D eigenvalue weighted by atomic mass is 10.1. The van der Waals surface area contributed by atoms with Crippen LogP contribution in [-0.4, -0.2) is 68.0 Å². The molecule has 4 aromatic rings. The van der Waals surface area contributed by atoms with Crippen molar-refractivity contribution in [3.05, 3.63) is 77.7 Å². The van der Waals surface area contributed by atoms with E-state index in [1.165, 1.54) is 29.2 Å². The number of aromatic nitrogens is 3. The molecule has 52 heavy (non-hydrogen) atoms. The van der Waals surface area contributed by atoms with E-state index in [1.54, 1.807) is 66.7 Å². The van der Waals surface area contributed by atoms with Crippen LogP contribution in [0.25, 0.3) is 5.65 Å². The number of rotatable bonds is 7. The lowest BCUT2D eigenvalue weighted by Gasteiger charge is -2.34. The standard InChI is InChI=1S/C37H45FN6O6.C2H6/c1-23(2)29-21-39-44-31(20-30(41-32(29)44)48-28-13-10-18-42(22-28)34(46)49-36(3,4)5)43(35(47)50-37(6,7)8)27-12-9-11-26(19-27)40-33(45)24-14-16-25(38)17-15-24;1-2/h9,11-12,14-17,19-21,23,28H,10,13,18,22H2,1-8H3,(H,40,45);1-2H3. The molecule has 2 aromatic carbocycles. The van der Waals surface area contributed by atoms with E-state index in [0.29, 0.717) is 43.0 Å². The second-order valence-electron chi connectivity index (χ2n) is 14.6. The van der Waals surface area contributed by atoms with E-state index in [1.807, 2.05) is 48.5 Å². The Kier molecular flexibility index (Phi) is 12.5. The van der Waals surface area contributed by atoms with Crippen LogP contribution in [0.5, 0.6) is 5.88 Å². The zero-order chi connectivity index (χ0) is 38.4. The lowest BCUT2D eigenvalue weighted by Crippen LogP contribution is -2.46. The van der Waals surface area contributed by atoms with Gasteiger partial charge in [0.05, 0.1) is 18.4 Å². The Morgan fingerprint density at radius 1 is 0.962 bits per heavy atom. The molecule has 1 fully saturated rings. The summed E-state index contributed by atoms with van der Waals surface area (Å²) < 4.78 is 33.0. The van der Waals surface area contributed by atoms with Crippen LogP contribution in [-0.2, 0) is 9.47 Å². The monoisotopic (exact) mass is 718 g/mol. The number of fused-ring (bicyclic) bond motifs is 1. The van der Waals surface area contributed by atoms with E-state index >= 15 is 0 Å². The van der Waals surface area contributed by atoms with Crippen LogP contribution >= 0.6 is 0 Å². The van der Waals surface area contributed by atoms with Gasteiger partial charge in [0.15, 0.2) is 11.5 Å². The van der Waals surface area contributed by atoms with Crippen LogP contribution in [0.2, 0.25) is 0 Å². The smallest absolute Gasteiger partial charge is 0.420 e. The Morgan fingerprint density at radius 3 is 2.27 bits per heavy atom. The van der Waals surface area contributed by atoms with Crippen molar-refractivity contribution in [2.45, 2.75) is 105 Å². The van der Waals surface area contributed by atoms with Gasteiger partial charge in [-0.05, 0) is 103 Å². The summed E-state index contributed by atoms with van der Waals surface area (Å²) in [5, 5.41) is 7.44. The molecule has 5 rings (SSSR count). The first-order chi connectivity index (χ1) is 24.5. The largest absolute Gasteiger partial charge is 0.472 e. The molecule has 0 bridgehead atoms. The molecule has 1 atom stereocenters. The third kappa shape index (κ3) is 10.2. The van der Waals surface area contributed by atoms with Crippen molar-refractivity contribution < 1.29 is 33.0 Å². The number of carbonyl (C=O) groups is 3. The Morgan fingerprint density at radius 2 is 1.63 bits per heavy atom. The Bertz CT molecular complexity index is 1860. The van der Waals surface area contributed by atoms with Gasteiger partial charge >= 0.3 is 12.2 Å². The van der Waals surface area contributed by atoms with Gasteiger partial charge in [-0.2, -0.15) is 14.6 Å². The summed E-state index contributed by atoms with van der Waals surface area (Å²) in [5.74, 6) is -0.338. The highest BCUT2D eigenvalue weighted by molar-refractivity contribution is 6.05. The van der Waals surface area contributed by atoms with Crippen LogP contribution in [0.4, 0.5) is 31.2 Å². The highest BCUT2D eigenvalue weighted by atomic mass is 19.1. The molecule has 0 saturated carbocycles. The van der Waals surface area contributed by atoms with Crippen LogP contribution in [0.1, 0.15) is 104 Å². The van der Waals surface area contributed by atoms with Crippen molar-refractivity contribution in [3.8, 4) is 5.88 Å². The molecule has 3 heterocycles. The number of carbonyl (C=O) groups excluding carboxylic acids is 3. The minimum atomic E-state index is -0.852. The fourth-order valence-corrected chi connectivity index (χ4v) is 5.43. The molecular formula is C39H51FN6O6. The molecule has 1 N–H and O–H groups in total. The average molecular weight is 719 g/mol. The van der Waals surface area contributed by atoms with Gasteiger partial charge in [0.25, 0.3) is 5.91 Å². The molecular weight excluding hydrogens is 667 g/mol. The highest BCUT2D eigenvalue weighted by Gasteiger charge is 2.32. The van der Waals surface area contributed by atoms with Crippen molar-refractivity contribution >= 4 is 40.9 Å². The molecule has 0 spiro atoms. The van der Waals surface area contributed by atoms with E-state index in [4.69, 9.17) is 19.2 Å². The third-order valence-electron chi connectivity index (χ3n) is 7.67. The van der Waals surface area contributed by atoms with Crippen LogP contribution in [0.15, 0.2) is 60.8 Å². The van der Waals surface area contributed by atoms with Crippen LogP contribution < -0.4 is 15.0 Å². The van der Waals surface area contributed by atoms with E-state index in [9.17, 15) is 18.8 Å². The van der Waals surface area contributed by atoms with Crippen molar-refractivity contribution in [3.63, 3.8) is 0 Å². The second-order valence-corrected chi connectivity index (χ2v) is 14.6. The number of hydrogen-bond acceptors (Lipinski definition) is 8. The molecule has 0 aliphatic carbocycles. The molecule has 12 nitrogen and oxygen atoms in total. The van der Waals surface area contributed by atoms with E-state index in [0.717, 1.165) is 5.56 Å². The van der Waals surface area contributed by atoms with Crippen LogP contribution in [0, 0.1) is 5.82 Å². The number of hydrogen-bond donors (Lipinski definition) is 1. The van der Waals surface area contributed by atoms with Crippen molar-refractivity contribution in [1.82, 2.24) is 19.5 Å². The first-order valence-electron chi connectivity index (χ1n) is 17.7. The van der Waals surface area contributed by atoms with Gasteiger partial charge in [0.1, 0.15) is 23.1 Å². The molecule has 3 amide bonds. The number of likely N-dealkylation sites (tertiary alicyclic amines) is 1. The maximum Gasteiger partial charge on any atom is 0.420 e. The maximum absolute atomic E-state index is 14.1. The lowest BCUT2D eigenvalue weighted by molar-refractivity contribution is 0.00720. The van der Waals surface area contributed by atoms with Gasteiger partial charge in [0.2, 0.25) is 5.88 Å². The van der Waals surface area contributed by atoms with E-state index < -0.39 is 35.1 Å². The minimum Gasteiger partial charge on any atom is -0.472 e. The summed E-state index contributed by atoms with van der Waals surface area (Å²) in [4.78, 5) is 47.8. The molecule has 1 aliphatic heterocycles. The van der Waals surface area contributed by atoms with Crippen molar-refractivity contribution in [2.24, 2.45) is 0 Å². The normalized spacial score (nSPS) is 14.7. The molecule has 13 heteroatoms. The number of nitrogens with one attached hydrogen (secondary N) is 1. The summed E-state index contributed by atoms with van der Waals surface area (Å²) in [5.41, 5.74) is 0.861. The Hall–Kier alpha value is -5.20. The average Bonchev–Trinajstić information content (AvgIpc) is 3.49. The number of ether oxygens (including phenoxy) is 3. The van der Waals surface area contributed by atoms with Gasteiger partial charge in [0, 0.05) is 29.4 Å². The van der Waals surface area contributed by atoms with Crippen molar-refractivity contribution in [1.29, 1.82) is 0 Å². The minimum absolute atomic E-state index is 0.0421. The molecule has 1 aliphatic rings. The fourth-order valence-electron chi connectivity index (χ4n) is 5.43. The molecule has 2 aromatic heterocycles. The summed E-state index contributed by atoms with van der Waals surface area (Å²) in [7, 11) is 0. The number of amides is 3. The molecule has 280 valence electrons. The Labute approximate surface area is 305 Å². The first-order valence-corrected chi connectivity index (χ1v) is 17.7. The molecule has 1 unspecified atom stereocenters. The number of nitrogens with zero attached hydrogens (tertiary/aromatic N) is 5. The summed E-state index contributed by atoms with van der Waals surface area (Å²) in [6, 6.07) is 13.5. The van der Waals surface area contributed by atoms with E-state index in [2.05, 4.69) is 10.4 Å². The van der Waals surface area contributed by atoms with Gasteiger partial charge < -0.3 is 24.4 Å². The highest BCUT2D eigenvalue weighted by Crippen LogP contribution is 2.34. The van der Waals surface area contributed by atoms with Gasteiger partial charge in [-0.1, -0.05) is 33.8 Å². The quantitative estimate of drug-likeness (QED) is 0.200. The van der Waals surface area contributed by atoms with Gasteiger partial charge in [-0.3, -0.25) is 4.79 Å². The summed E-state index contributed by atoms with van der Waals surface area (Å²) in [6.07, 6.45) is 1.61. The molecule has 0 radical (unpaired) electrons. The zero-order valence-corrected chi connectivity index (χ0v) is 31.8. The summed E-state index contributed by atoms with van der Waals surface area (Å²) in [6.45, 7) is 19.7. The number of benzene rings is 2. The predicted octanol–water partition coefficient (Wildman–Crippen LogP) is 9.12. The second kappa shape index (κ2) is 16.4. The van der Waals surface area contributed by atoms with Gasteiger partial charge in [-0.15, -0.1) is 0 Å². The topological polar surface area (TPSA) is 128 Å². The van der Waals surface area contributed by atoms with Crippen LogP contribution in [0.3, 0.4) is 0 Å². The fraction of sp³-hybridized carbons (Fsp3) is 0.462. The number of piperidine rings is 1. The first kappa shape index (κ1) is 39.6. The Balaban J connectivity index is 0.00000297. The summed E-state index contributed by atoms with van der Waals surface area (Å²) >= 11 is 0. The van der Waals surface area contributed by atoms with Gasteiger partial charge in [-0.25, -0.2) is 18.9 Å². The number of halogens is 1. The maximum atomic E-state index is 14.1. The third-order valence-corrected chi connectivity index (χ3v) is 7.67. The molecule has 1 saturated heterocycles. The predicted molar refractivity (Wildman–Crippen MR) is 199 cm³/mol. The number of anilines is 3. The van der Waals surface area contributed by atoms with E-state index in [-0.39, 0.29) is 29.3 Å². The SMILES string of the molecule is CC.CC(C)c1cnn2c(N(C(=O)OC(C)(C)C)c3cccc(NC(=O)c4ccc(F)cc4)c3)cc(OC3CCCN(C(=O)OC(C)(C)C)C3)nc12.